The third-order valence-corrected chi connectivity index (χ3v) is 20.1. The molecule has 0 N–H and O–H groups in total. The van der Waals surface area contributed by atoms with Gasteiger partial charge in [0.15, 0.2) is 0 Å². The summed E-state index contributed by atoms with van der Waals surface area (Å²) in [5, 5.41) is 0. The van der Waals surface area contributed by atoms with Crippen LogP contribution < -0.4 is 4.90 Å². The summed E-state index contributed by atoms with van der Waals surface area (Å²) < 4.78 is 0. The predicted molar refractivity (Wildman–Crippen MR) is 361 cm³/mol. The summed E-state index contributed by atoms with van der Waals surface area (Å²) in [6, 6.07) is 105. The summed E-state index contributed by atoms with van der Waals surface area (Å²) >= 11 is 0. The van der Waals surface area contributed by atoms with Crippen molar-refractivity contribution in [2.45, 2.75) is 82.5 Å². The van der Waals surface area contributed by atoms with Crippen LogP contribution in [0.25, 0.3) is 66.8 Å². The highest BCUT2D eigenvalue weighted by atomic mass is 15.1. The fourth-order valence-corrected chi connectivity index (χ4v) is 16.1. The third kappa shape index (κ3) is 7.24. The van der Waals surface area contributed by atoms with Crippen LogP contribution in [0.4, 0.5) is 17.1 Å². The molecule has 4 aliphatic rings. The van der Waals surface area contributed by atoms with E-state index >= 15 is 0 Å². The lowest BCUT2D eigenvalue weighted by Crippen LogP contribution is -2.40. The van der Waals surface area contributed by atoms with E-state index in [1.165, 1.54) is 128 Å². The van der Waals surface area contributed by atoms with Crippen LogP contribution in [0.2, 0.25) is 0 Å². The first-order chi connectivity index (χ1) is 41.7. The van der Waals surface area contributed by atoms with Crippen molar-refractivity contribution in [1.82, 2.24) is 0 Å². The van der Waals surface area contributed by atoms with E-state index in [-0.39, 0.29) is 16.2 Å². The molecule has 0 unspecified atom stereocenters. The van der Waals surface area contributed by atoms with Gasteiger partial charge in [-0.2, -0.15) is 0 Å². The molecule has 0 aromatic heterocycles. The fourth-order valence-electron chi connectivity index (χ4n) is 16.1. The van der Waals surface area contributed by atoms with Crippen LogP contribution in [0.5, 0.6) is 0 Å². The molecule has 16 rings (SSSR count). The van der Waals surface area contributed by atoms with E-state index in [0.29, 0.717) is 0 Å². The summed E-state index contributed by atoms with van der Waals surface area (Å²) in [4.78, 5) is 2.61. The highest BCUT2D eigenvalue weighted by molar-refractivity contribution is 6.01. The normalized spacial score (nSPS) is 14.8. The lowest BCUT2D eigenvalue weighted by molar-refractivity contribution is 0.563. The van der Waals surface area contributed by atoms with Gasteiger partial charge in [0.25, 0.3) is 0 Å². The smallest absolute Gasteiger partial charge is 0.0726 e. The van der Waals surface area contributed by atoms with Crippen LogP contribution in [-0.4, -0.2) is 0 Å². The maximum absolute atomic E-state index is 2.61. The minimum absolute atomic E-state index is 0.0670. The Morgan fingerprint density at radius 1 is 0.244 bits per heavy atom. The first kappa shape index (κ1) is 52.0. The summed E-state index contributed by atoms with van der Waals surface area (Å²) in [6.45, 7) is 19.0. The van der Waals surface area contributed by atoms with Crippen molar-refractivity contribution in [3.8, 4) is 66.8 Å². The number of hydrogen-bond acceptors (Lipinski definition) is 1. The Morgan fingerprint density at radius 2 is 0.558 bits per heavy atom. The number of fused-ring (bicyclic) bond motifs is 19. The first-order valence-corrected chi connectivity index (χ1v) is 30.8. The second kappa shape index (κ2) is 18.7. The molecule has 1 heteroatoms. The van der Waals surface area contributed by atoms with Gasteiger partial charge in [0.1, 0.15) is 0 Å². The van der Waals surface area contributed by atoms with Crippen LogP contribution in [0, 0.1) is 0 Å². The SMILES string of the molecule is CC(C)(C)c1ccc2c(c1)C1(c3ccccc3-c3ccc(N(c4ccc5c(c4)C4(c6ccccc6-5)c5ccccc5C(C)(C)c5ccccc54)c4ccccc4-c4ccccc4-c4ccccc4-c4ccccc4)cc31)c1cc(C(C)(C)C)ccc1-2. The Kier molecular flexibility index (Phi) is 11.3. The number of anilines is 3. The van der Waals surface area contributed by atoms with Crippen molar-refractivity contribution in [3.05, 3.63) is 340 Å². The zero-order chi connectivity index (χ0) is 58.5. The Labute approximate surface area is 508 Å². The first-order valence-electron chi connectivity index (χ1n) is 30.8. The summed E-state index contributed by atoms with van der Waals surface area (Å²) in [5.74, 6) is 0. The molecule has 0 saturated carbocycles. The number of nitrogens with zero attached hydrogens (tertiary/aromatic N) is 1. The van der Waals surface area contributed by atoms with E-state index < -0.39 is 10.8 Å². The Hall–Kier alpha value is -9.56. The van der Waals surface area contributed by atoms with Crippen LogP contribution >= 0.6 is 0 Å². The fraction of sp³-hybridized carbons (Fsp3) is 0.153. The van der Waals surface area contributed by atoms with Crippen molar-refractivity contribution in [2.24, 2.45) is 0 Å². The average molecular weight is 1100 g/mol. The number of hydrogen-bond donors (Lipinski definition) is 0. The van der Waals surface area contributed by atoms with Crippen molar-refractivity contribution < 1.29 is 0 Å². The molecule has 12 aromatic carbocycles. The zero-order valence-electron chi connectivity index (χ0n) is 50.4. The molecule has 0 fully saturated rings. The predicted octanol–water partition coefficient (Wildman–Crippen LogP) is 22.1. The second-order valence-electron chi connectivity index (χ2n) is 27.1. The van der Waals surface area contributed by atoms with E-state index in [0.717, 1.165) is 22.6 Å². The standard InChI is InChI=1S/C85H69N/c1-81(2,3)55-42-46-65-66-47-43-56(82(4,5)6)51-77(66)85(76(65)50-55)71-36-20-17-33-64(71)68-49-45-58(53-79(68)85)86(80-41-25-18-34-69(80)62-31-15-14-30-61(62)60-29-13-12-28-59(60)54-26-10-9-11-27-54)57-44-48-67-63-32-16-19-35-70(63)84(78(67)52-57)74-39-23-21-37-72(74)83(7,8)73-38-22-24-40-75(73)84/h9-53H,1-8H3. The van der Waals surface area contributed by atoms with Gasteiger partial charge in [0.05, 0.1) is 16.5 Å². The molecule has 86 heavy (non-hydrogen) atoms. The zero-order valence-corrected chi connectivity index (χ0v) is 50.4. The van der Waals surface area contributed by atoms with Crippen molar-refractivity contribution in [2.75, 3.05) is 4.90 Å². The molecule has 0 radical (unpaired) electrons. The molecule has 0 saturated heterocycles. The molecular weight excluding hydrogens is 1030 g/mol. The van der Waals surface area contributed by atoms with Gasteiger partial charge in [-0.05, 0) is 169 Å². The highest BCUT2D eigenvalue weighted by Crippen LogP contribution is 2.66. The van der Waals surface area contributed by atoms with Gasteiger partial charge in [-0.15, -0.1) is 0 Å². The summed E-state index contributed by atoms with van der Waals surface area (Å²) in [5.41, 5.74) is 32.8. The molecule has 414 valence electrons. The van der Waals surface area contributed by atoms with E-state index in [1.54, 1.807) is 0 Å². The molecule has 0 amide bonds. The average Bonchev–Trinajstić information content (AvgIpc) is 1.47. The topological polar surface area (TPSA) is 3.24 Å². The van der Waals surface area contributed by atoms with Gasteiger partial charge in [0.2, 0.25) is 0 Å². The summed E-state index contributed by atoms with van der Waals surface area (Å²) in [6.07, 6.45) is 0. The molecule has 2 spiro atoms. The molecular formula is C85H69N. The van der Waals surface area contributed by atoms with Crippen molar-refractivity contribution in [1.29, 1.82) is 0 Å². The maximum Gasteiger partial charge on any atom is 0.0726 e. The van der Waals surface area contributed by atoms with Gasteiger partial charge in [-0.1, -0.05) is 298 Å². The molecule has 0 bridgehead atoms. The lowest BCUT2D eigenvalue weighted by Gasteiger charge is -2.46. The summed E-state index contributed by atoms with van der Waals surface area (Å²) in [7, 11) is 0. The minimum Gasteiger partial charge on any atom is -0.310 e. The monoisotopic (exact) mass is 1100 g/mol. The van der Waals surface area contributed by atoms with Gasteiger partial charge < -0.3 is 4.90 Å². The van der Waals surface area contributed by atoms with Gasteiger partial charge in [0, 0.05) is 22.4 Å². The molecule has 0 atom stereocenters. The van der Waals surface area contributed by atoms with Crippen LogP contribution in [0.15, 0.2) is 273 Å². The number of benzene rings is 12. The molecule has 1 nitrogen and oxygen atoms in total. The van der Waals surface area contributed by atoms with E-state index in [4.69, 9.17) is 0 Å². The number of para-hydroxylation sites is 1. The number of rotatable bonds is 6. The Bertz CT molecular complexity index is 4650. The molecule has 0 aliphatic heterocycles. The maximum atomic E-state index is 2.61. The van der Waals surface area contributed by atoms with E-state index in [9.17, 15) is 0 Å². The minimum atomic E-state index is -0.597. The lowest BCUT2D eigenvalue weighted by atomic mass is 9.55. The van der Waals surface area contributed by atoms with Gasteiger partial charge in [-0.3, -0.25) is 0 Å². The molecule has 0 heterocycles. The Balaban J connectivity index is 1.00. The molecule has 12 aromatic rings. The highest BCUT2D eigenvalue weighted by Gasteiger charge is 2.55. The third-order valence-electron chi connectivity index (χ3n) is 20.1. The quantitative estimate of drug-likeness (QED) is 0.160. The van der Waals surface area contributed by atoms with Gasteiger partial charge >= 0.3 is 0 Å². The second-order valence-corrected chi connectivity index (χ2v) is 27.1. The van der Waals surface area contributed by atoms with Crippen molar-refractivity contribution in [3.63, 3.8) is 0 Å². The van der Waals surface area contributed by atoms with Crippen LogP contribution in [0.1, 0.15) is 122 Å². The van der Waals surface area contributed by atoms with Crippen molar-refractivity contribution >= 4 is 17.1 Å². The Morgan fingerprint density at radius 3 is 1.02 bits per heavy atom. The van der Waals surface area contributed by atoms with E-state index in [1.807, 2.05) is 0 Å². The van der Waals surface area contributed by atoms with E-state index in [2.05, 4.69) is 333 Å². The van der Waals surface area contributed by atoms with Gasteiger partial charge in [-0.25, -0.2) is 0 Å². The molecule has 4 aliphatic carbocycles. The van der Waals surface area contributed by atoms with Crippen LogP contribution in [-0.2, 0) is 27.1 Å². The van der Waals surface area contributed by atoms with Crippen LogP contribution in [0.3, 0.4) is 0 Å². The largest absolute Gasteiger partial charge is 0.310 e.